The highest BCUT2D eigenvalue weighted by Crippen LogP contribution is 2.35. The first-order chi connectivity index (χ1) is 9.67. The molecule has 1 aromatic rings. The number of carbonyl (C=O) groups excluding carboxylic acids is 1. The second-order valence-corrected chi connectivity index (χ2v) is 5.90. The number of hydrogen-bond acceptors (Lipinski definition) is 6. The molecule has 108 valence electrons. The molecule has 0 aromatic carbocycles. The van der Waals surface area contributed by atoms with E-state index in [1.165, 1.54) is 24.2 Å². The first-order valence-electron chi connectivity index (χ1n) is 6.84. The molecule has 0 amide bonds. The Morgan fingerprint density at radius 3 is 2.95 bits per heavy atom. The van der Waals surface area contributed by atoms with Crippen molar-refractivity contribution in [1.29, 1.82) is 5.26 Å². The summed E-state index contributed by atoms with van der Waals surface area (Å²) in [5.41, 5.74) is 6.53. The predicted molar refractivity (Wildman–Crippen MR) is 80.1 cm³/mol. The number of hydrogen-bond donors (Lipinski definition) is 2. The predicted octanol–water partition coefficient (Wildman–Crippen LogP) is 2.63. The van der Waals surface area contributed by atoms with Gasteiger partial charge < -0.3 is 15.8 Å². The molecule has 1 heterocycles. The van der Waals surface area contributed by atoms with Gasteiger partial charge in [0, 0.05) is 19.6 Å². The van der Waals surface area contributed by atoms with Crippen LogP contribution in [0.3, 0.4) is 0 Å². The Morgan fingerprint density at radius 2 is 2.35 bits per heavy atom. The number of nitrogen functional groups attached to an aromatic ring is 1. The van der Waals surface area contributed by atoms with Gasteiger partial charge in [0.25, 0.3) is 0 Å². The Kier molecular flexibility index (Phi) is 4.99. The van der Waals surface area contributed by atoms with Gasteiger partial charge in [-0.05, 0) is 18.8 Å². The van der Waals surface area contributed by atoms with Crippen LogP contribution in [0.15, 0.2) is 0 Å². The van der Waals surface area contributed by atoms with Crippen LogP contribution in [0.5, 0.6) is 0 Å². The number of carbonyl (C=O) groups is 1. The number of ether oxygens (including phenoxy) is 1. The third-order valence-corrected chi connectivity index (χ3v) is 4.42. The minimum Gasteiger partial charge on any atom is -0.396 e. The molecule has 1 aliphatic rings. The third kappa shape index (κ3) is 3.50. The maximum atomic E-state index is 11.7. The fourth-order valence-electron chi connectivity index (χ4n) is 1.82. The highest BCUT2D eigenvalue weighted by atomic mass is 32.1. The molecule has 0 saturated heterocycles. The third-order valence-electron chi connectivity index (χ3n) is 3.21. The van der Waals surface area contributed by atoms with E-state index in [0.29, 0.717) is 40.7 Å². The molecule has 0 aliphatic heterocycles. The molecule has 0 spiro atoms. The number of rotatable bonds is 8. The first-order valence-corrected chi connectivity index (χ1v) is 7.66. The average Bonchev–Trinajstić information content (AvgIpc) is 3.21. The maximum Gasteiger partial charge on any atom is 0.174 e. The van der Waals surface area contributed by atoms with Crippen molar-refractivity contribution in [2.24, 2.45) is 5.92 Å². The normalized spacial score (nSPS) is 14.0. The standard InChI is InChI=1S/C14H19N3O2S/c1-2-11(18)13-12(16)10(7-15)14(20-13)17-5-6-19-8-9-3-4-9/h9,17H,2-6,8,16H2,1H3. The lowest BCUT2D eigenvalue weighted by Crippen LogP contribution is -2.10. The molecule has 1 fully saturated rings. The van der Waals surface area contributed by atoms with Crippen molar-refractivity contribution in [2.75, 3.05) is 30.8 Å². The summed E-state index contributed by atoms with van der Waals surface area (Å²) < 4.78 is 5.52. The smallest absolute Gasteiger partial charge is 0.174 e. The van der Waals surface area contributed by atoms with E-state index in [2.05, 4.69) is 11.4 Å². The van der Waals surface area contributed by atoms with E-state index < -0.39 is 0 Å². The van der Waals surface area contributed by atoms with Crippen LogP contribution in [-0.2, 0) is 4.74 Å². The summed E-state index contributed by atoms with van der Waals surface area (Å²) in [6.45, 7) is 3.81. The van der Waals surface area contributed by atoms with Gasteiger partial charge in [-0.15, -0.1) is 11.3 Å². The summed E-state index contributed by atoms with van der Waals surface area (Å²) in [6.07, 6.45) is 2.94. The summed E-state index contributed by atoms with van der Waals surface area (Å²) in [4.78, 5) is 12.2. The first kappa shape index (κ1) is 14.8. The number of nitrogens with zero attached hydrogens (tertiary/aromatic N) is 1. The van der Waals surface area contributed by atoms with Crippen LogP contribution in [0, 0.1) is 17.2 Å². The van der Waals surface area contributed by atoms with Crippen LogP contribution in [0.2, 0.25) is 0 Å². The SMILES string of the molecule is CCC(=O)c1sc(NCCOCC2CC2)c(C#N)c1N. The van der Waals surface area contributed by atoms with Gasteiger partial charge in [0.2, 0.25) is 0 Å². The zero-order chi connectivity index (χ0) is 14.5. The van der Waals surface area contributed by atoms with Crippen LogP contribution in [0.25, 0.3) is 0 Å². The van der Waals surface area contributed by atoms with Crippen molar-refractivity contribution in [3.05, 3.63) is 10.4 Å². The summed E-state index contributed by atoms with van der Waals surface area (Å²) in [5.74, 6) is 0.720. The topological polar surface area (TPSA) is 88.1 Å². The van der Waals surface area contributed by atoms with Crippen LogP contribution in [0.1, 0.15) is 41.4 Å². The van der Waals surface area contributed by atoms with E-state index in [4.69, 9.17) is 15.7 Å². The highest BCUT2D eigenvalue weighted by molar-refractivity contribution is 7.19. The van der Waals surface area contributed by atoms with Gasteiger partial charge in [0.15, 0.2) is 5.78 Å². The van der Waals surface area contributed by atoms with Gasteiger partial charge in [-0.25, -0.2) is 0 Å². The second kappa shape index (κ2) is 6.73. The van der Waals surface area contributed by atoms with Crippen LogP contribution >= 0.6 is 11.3 Å². The maximum absolute atomic E-state index is 11.7. The van der Waals surface area contributed by atoms with Gasteiger partial charge in [0.1, 0.15) is 16.6 Å². The molecule has 5 nitrogen and oxygen atoms in total. The summed E-state index contributed by atoms with van der Waals surface area (Å²) in [7, 11) is 0. The molecule has 1 aromatic heterocycles. The Bertz CT molecular complexity index is 529. The fourth-order valence-corrected chi connectivity index (χ4v) is 2.92. The Balaban J connectivity index is 1.92. The summed E-state index contributed by atoms with van der Waals surface area (Å²) in [6, 6.07) is 2.06. The van der Waals surface area contributed by atoms with Gasteiger partial charge >= 0.3 is 0 Å². The van der Waals surface area contributed by atoms with E-state index >= 15 is 0 Å². The number of anilines is 2. The van der Waals surface area contributed by atoms with E-state index in [1.807, 2.05) is 0 Å². The minimum absolute atomic E-state index is 0.0259. The summed E-state index contributed by atoms with van der Waals surface area (Å²) >= 11 is 1.26. The van der Waals surface area contributed by atoms with E-state index in [-0.39, 0.29) is 5.78 Å². The van der Waals surface area contributed by atoms with Gasteiger partial charge in [0.05, 0.1) is 17.2 Å². The van der Waals surface area contributed by atoms with Gasteiger partial charge in [-0.2, -0.15) is 5.26 Å². The van der Waals surface area contributed by atoms with Crippen LogP contribution in [-0.4, -0.2) is 25.5 Å². The largest absolute Gasteiger partial charge is 0.396 e. The molecule has 6 heteroatoms. The zero-order valence-electron chi connectivity index (χ0n) is 11.6. The number of nitrogens with two attached hydrogens (primary N) is 1. The van der Waals surface area contributed by atoms with Gasteiger partial charge in [-0.1, -0.05) is 6.92 Å². The lowest BCUT2D eigenvalue weighted by molar-refractivity contribution is 0.0993. The van der Waals surface area contributed by atoms with Crippen LogP contribution in [0.4, 0.5) is 10.7 Å². The quantitative estimate of drug-likeness (QED) is 0.568. The summed E-state index contributed by atoms with van der Waals surface area (Å²) in [5, 5.41) is 12.9. The molecule has 1 aliphatic carbocycles. The molecule has 0 bridgehead atoms. The van der Waals surface area contributed by atoms with E-state index in [0.717, 1.165) is 12.5 Å². The van der Waals surface area contributed by atoms with Crippen molar-refractivity contribution < 1.29 is 9.53 Å². The molecule has 0 radical (unpaired) electrons. The Labute approximate surface area is 122 Å². The Morgan fingerprint density at radius 1 is 1.60 bits per heavy atom. The molecule has 1 saturated carbocycles. The highest BCUT2D eigenvalue weighted by Gasteiger charge is 2.21. The average molecular weight is 293 g/mol. The number of ketones is 1. The molecule has 0 atom stereocenters. The zero-order valence-corrected chi connectivity index (χ0v) is 12.4. The van der Waals surface area contributed by atoms with E-state index in [9.17, 15) is 4.79 Å². The molecule has 3 N–H and O–H groups in total. The van der Waals surface area contributed by atoms with Crippen molar-refractivity contribution in [1.82, 2.24) is 0 Å². The molecular formula is C14H19N3O2S. The number of Topliss-reactive ketones (excluding diaryl/α,β-unsaturated/α-hetero) is 1. The van der Waals surface area contributed by atoms with E-state index in [1.54, 1.807) is 6.92 Å². The molecule has 20 heavy (non-hydrogen) atoms. The number of thiophene rings is 1. The molecule has 2 rings (SSSR count). The van der Waals surface area contributed by atoms with Crippen molar-refractivity contribution in [3.63, 3.8) is 0 Å². The van der Waals surface area contributed by atoms with Crippen LogP contribution < -0.4 is 11.1 Å². The van der Waals surface area contributed by atoms with Gasteiger partial charge in [-0.3, -0.25) is 4.79 Å². The number of nitrogens with one attached hydrogen (secondary N) is 1. The fraction of sp³-hybridized carbons (Fsp3) is 0.571. The second-order valence-electron chi connectivity index (χ2n) is 4.88. The lowest BCUT2D eigenvalue weighted by atomic mass is 10.2. The van der Waals surface area contributed by atoms with Crippen molar-refractivity contribution in [2.45, 2.75) is 26.2 Å². The number of nitriles is 1. The van der Waals surface area contributed by atoms with Crippen molar-refractivity contribution in [3.8, 4) is 6.07 Å². The molecular weight excluding hydrogens is 274 g/mol. The minimum atomic E-state index is -0.0259. The molecule has 0 unspecified atom stereocenters. The lowest BCUT2D eigenvalue weighted by Gasteiger charge is -2.05. The Hall–Kier alpha value is -1.58. The van der Waals surface area contributed by atoms with Crippen molar-refractivity contribution >= 4 is 27.8 Å². The monoisotopic (exact) mass is 293 g/mol.